The van der Waals surface area contributed by atoms with Crippen LogP contribution >= 0.6 is 0 Å². The molecule has 0 saturated carbocycles. The molecule has 1 fully saturated rings. The number of pyridine rings is 2. The Morgan fingerprint density at radius 3 is 2.77 bits per heavy atom. The first-order valence-electron chi connectivity index (χ1n) is 8.73. The summed E-state index contributed by atoms with van der Waals surface area (Å²) in [5, 5.41) is 2.63. The second-order valence-corrected chi connectivity index (χ2v) is 6.20. The molecule has 3 rings (SSSR count). The van der Waals surface area contributed by atoms with Gasteiger partial charge in [0.15, 0.2) is 0 Å². The lowest BCUT2D eigenvalue weighted by atomic mass is 9.98. The first-order valence-corrected chi connectivity index (χ1v) is 8.73. The number of anilines is 1. The number of amides is 1. The Morgan fingerprint density at radius 1 is 1.27 bits per heavy atom. The zero-order valence-corrected chi connectivity index (χ0v) is 14.6. The molecule has 0 aromatic carbocycles. The van der Waals surface area contributed by atoms with E-state index in [1.807, 2.05) is 24.3 Å². The van der Waals surface area contributed by atoms with Crippen LogP contribution in [0.2, 0.25) is 0 Å². The number of hydrogen-bond acceptors (Lipinski definition) is 5. The van der Waals surface area contributed by atoms with E-state index in [9.17, 15) is 4.79 Å². The molecular formula is C20H22N4O2. The highest BCUT2D eigenvalue weighted by atomic mass is 16.5. The van der Waals surface area contributed by atoms with E-state index in [0.29, 0.717) is 24.0 Å². The Kier molecular flexibility index (Phi) is 6.05. The maximum absolute atomic E-state index is 11.8. The van der Waals surface area contributed by atoms with Crippen LogP contribution in [-0.4, -0.2) is 42.1 Å². The number of rotatable bonds is 6. The predicted octanol–water partition coefficient (Wildman–Crippen LogP) is 2.13. The number of nitrogens with zero attached hydrogens (tertiary/aromatic N) is 3. The Hall–Kier alpha value is -3.07. The van der Waals surface area contributed by atoms with E-state index in [4.69, 9.17) is 11.2 Å². The van der Waals surface area contributed by atoms with Crippen molar-refractivity contribution < 1.29 is 9.53 Å². The number of terminal acetylenes is 1. The lowest BCUT2D eigenvalue weighted by molar-refractivity contribution is 0.0958. The van der Waals surface area contributed by atoms with Gasteiger partial charge in [0.25, 0.3) is 5.91 Å². The quantitative estimate of drug-likeness (QED) is 0.809. The molecular weight excluding hydrogens is 328 g/mol. The SMILES string of the molecule is C#CCNC(=O)c1ccc(N2CCC(COc3ccccn3)CC2)nc1. The van der Waals surface area contributed by atoms with E-state index in [0.717, 1.165) is 31.7 Å². The fourth-order valence-electron chi connectivity index (χ4n) is 2.91. The summed E-state index contributed by atoms with van der Waals surface area (Å²) in [7, 11) is 0. The molecule has 1 N–H and O–H groups in total. The van der Waals surface area contributed by atoms with Crippen molar-refractivity contribution in [3.05, 3.63) is 48.3 Å². The van der Waals surface area contributed by atoms with Crippen molar-refractivity contribution in [3.63, 3.8) is 0 Å². The summed E-state index contributed by atoms with van der Waals surface area (Å²) < 4.78 is 5.76. The molecule has 0 spiro atoms. The van der Waals surface area contributed by atoms with E-state index in [1.54, 1.807) is 18.5 Å². The molecule has 1 amide bonds. The standard InChI is InChI=1S/C20H22N4O2/c1-2-10-22-20(25)17-6-7-18(23-14-17)24-12-8-16(9-13-24)15-26-19-5-3-4-11-21-19/h1,3-7,11,14,16H,8-10,12-13,15H2,(H,22,25). The van der Waals surface area contributed by atoms with Crippen LogP contribution in [0.15, 0.2) is 42.7 Å². The van der Waals surface area contributed by atoms with Crippen molar-refractivity contribution >= 4 is 11.7 Å². The Labute approximate surface area is 153 Å². The van der Waals surface area contributed by atoms with E-state index >= 15 is 0 Å². The van der Waals surface area contributed by atoms with Gasteiger partial charge in [0.2, 0.25) is 5.88 Å². The molecule has 1 aliphatic heterocycles. The smallest absolute Gasteiger partial charge is 0.253 e. The fraction of sp³-hybridized carbons (Fsp3) is 0.350. The van der Waals surface area contributed by atoms with E-state index in [1.165, 1.54) is 0 Å². The van der Waals surface area contributed by atoms with Gasteiger partial charge in [-0.15, -0.1) is 6.42 Å². The van der Waals surface area contributed by atoms with Crippen LogP contribution in [-0.2, 0) is 0 Å². The number of nitrogens with one attached hydrogen (secondary N) is 1. The molecule has 0 radical (unpaired) electrons. The van der Waals surface area contributed by atoms with Crippen molar-refractivity contribution in [3.8, 4) is 18.2 Å². The Morgan fingerprint density at radius 2 is 2.12 bits per heavy atom. The largest absolute Gasteiger partial charge is 0.477 e. The fourth-order valence-corrected chi connectivity index (χ4v) is 2.91. The number of aromatic nitrogens is 2. The van der Waals surface area contributed by atoms with Crippen LogP contribution in [0.5, 0.6) is 5.88 Å². The lowest BCUT2D eigenvalue weighted by Crippen LogP contribution is -2.36. The number of ether oxygens (including phenoxy) is 1. The van der Waals surface area contributed by atoms with Gasteiger partial charge in [0.05, 0.1) is 18.7 Å². The number of carbonyl (C=O) groups excluding carboxylic acids is 1. The van der Waals surface area contributed by atoms with E-state index in [-0.39, 0.29) is 12.5 Å². The molecule has 1 saturated heterocycles. The first-order chi connectivity index (χ1) is 12.8. The predicted molar refractivity (Wildman–Crippen MR) is 100 cm³/mol. The summed E-state index contributed by atoms with van der Waals surface area (Å²) in [6.07, 6.45) is 10.6. The van der Waals surface area contributed by atoms with Gasteiger partial charge in [-0.05, 0) is 37.0 Å². The molecule has 0 aliphatic carbocycles. The molecule has 0 atom stereocenters. The molecule has 2 aromatic heterocycles. The highest BCUT2D eigenvalue weighted by molar-refractivity contribution is 5.94. The van der Waals surface area contributed by atoms with Gasteiger partial charge in [-0.3, -0.25) is 4.79 Å². The van der Waals surface area contributed by atoms with E-state index < -0.39 is 0 Å². The summed E-state index contributed by atoms with van der Waals surface area (Å²) in [4.78, 5) is 22.7. The number of hydrogen-bond donors (Lipinski definition) is 1. The lowest BCUT2D eigenvalue weighted by Gasteiger charge is -2.32. The van der Waals surface area contributed by atoms with Gasteiger partial charge >= 0.3 is 0 Å². The summed E-state index contributed by atoms with van der Waals surface area (Å²) in [6.45, 7) is 2.75. The van der Waals surface area contributed by atoms with Crippen molar-refractivity contribution in [1.82, 2.24) is 15.3 Å². The molecule has 1 aliphatic rings. The minimum absolute atomic E-state index is 0.202. The molecule has 0 bridgehead atoms. The monoisotopic (exact) mass is 350 g/mol. The third-order valence-corrected chi connectivity index (χ3v) is 4.40. The van der Waals surface area contributed by atoms with Crippen molar-refractivity contribution in [2.45, 2.75) is 12.8 Å². The summed E-state index contributed by atoms with van der Waals surface area (Å²) >= 11 is 0. The second kappa shape index (κ2) is 8.86. The van der Waals surface area contributed by atoms with Gasteiger partial charge in [-0.25, -0.2) is 9.97 Å². The van der Waals surface area contributed by atoms with Crippen LogP contribution in [0.25, 0.3) is 0 Å². The van der Waals surface area contributed by atoms with E-state index in [2.05, 4.69) is 26.1 Å². The minimum Gasteiger partial charge on any atom is -0.477 e. The van der Waals surface area contributed by atoms with Gasteiger partial charge < -0.3 is 15.0 Å². The highest BCUT2D eigenvalue weighted by Crippen LogP contribution is 2.22. The molecule has 3 heterocycles. The van der Waals surface area contributed by atoms with Crippen LogP contribution in [0.3, 0.4) is 0 Å². The highest BCUT2D eigenvalue weighted by Gasteiger charge is 2.21. The molecule has 2 aromatic rings. The Balaban J connectivity index is 1.47. The molecule has 26 heavy (non-hydrogen) atoms. The topological polar surface area (TPSA) is 67.4 Å². The number of piperidine rings is 1. The maximum atomic E-state index is 11.8. The van der Waals surface area contributed by atoms with Gasteiger partial charge in [-0.1, -0.05) is 12.0 Å². The molecule has 6 heteroatoms. The normalized spacial score (nSPS) is 14.5. The zero-order chi connectivity index (χ0) is 18.2. The van der Waals surface area contributed by atoms with Crippen LogP contribution in [0.4, 0.5) is 5.82 Å². The van der Waals surface area contributed by atoms with Crippen molar-refractivity contribution in [2.75, 3.05) is 31.1 Å². The third kappa shape index (κ3) is 4.73. The summed E-state index contributed by atoms with van der Waals surface area (Å²) in [5.74, 6) is 4.26. The minimum atomic E-state index is -0.202. The molecule has 134 valence electrons. The first kappa shape index (κ1) is 17.7. The summed E-state index contributed by atoms with van der Waals surface area (Å²) in [6, 6.07) is 9.34. The average Bonchev–Trinajstić information content (AvgIpc) is 2.72. The second-order valence-electron chi connectivity index (χ2n) is 6.20. The van der Waals surface area contributed by atoms with Crippen LogP contribution < -0.4 is 15.0 Å². The maximum Gasteiger partial charge on any atom is 0.253 e. The number of carbonyl (C=O) groups is 1. The van der Waals surface area contributed by atoms with Crippen LogP contribution in [0, 0.1) is 18.3 Å². The van der Waals surface area contributed by atoms with Gasteiger partial charge in [0.1, 0.15) is 5.82 Å². The van der Waals surface area contributed by atoms with Gasteiger partial charge in [0, 0.05) is 31.5 Å². The Bertz CT molecular complexity index is 748. The van der Waals surface area contributed by atoms with Crippen LogP contribution in [0.1, 0.15) is 23.2 Å². The summed E-state index contributed by atoms with van der Waals surface area (Å²) in [5.41, 5.74) is 0.516. The van der Waals surface area contributed by atoms with Crippen molar-refractivity contribution in [1.29, 1.82) is 0 Å². The van der Waals surface area contributed by atoms with Gasteiger partial charge in [-0.2, -0.15) is 0 Å². The zero-order valence-electron chi connectivity index (χ0n) is 14.6. The molecule has 6 nitrogen and oxygen atoms in total. The average molecular weight is 350 g/mol. The molecule has 0 unspecified atom stereocenters. The third-order valence-electron chi connectivity index (χ3n) is 4.40. The van der Waals surface area contributed by atoms with Crippen molar-refractivity contribution in [2.24, 2.45) is 5.92 Å².